The van der Waals surface area contributed by atoms with Crippen LogP contribution in [0.15, 0.2) is 29.4 Å². The molecule has 3 aliphatic rings. The number of hydrogen-bond acceptors (Lipinski definition) is 6. The second-order valence-corrected chi connectivity index (χ2v) is 8.01. The van der Waals surface area contributed by atoms with Crippen molar-refractivity contribution in [2.24, 2.45) is 22.9 Å². The molecule has 4 rings (SSSR count). The van der Waals surface area contributed by atoms with Crippen LogP contribution in [0, 0.1) is 17.8 Å². The maximum atomic E-state index is 12.2. The fraction of sp³-hybridized carbons (Fsp3) is 0.600. The molecular formula is C20H29N5O2. The number of nitrogens with zero attached hydrogens (tertiary/aromatic N) is 1. The number of benzene rings is 1. The highest BCUT2D eigenvalue weighted by Gasteiger charge is 2.40. The number of hydrazine groups is 2. The number of nitrogens with one attached hydrogen (secondary N) is 4. The lowest BCUT2D eigenvalue weighted by Crippen LogP contribution is -2.44. The zero-order valence-corrected chi connectivity index (χ0v) is 15.6. The monoisotopic (exact) mass is 371 g/mol. The molecule has 2 heterocycles. The van der Waals surface area contributed by atoms with Gasteiger partial charge in [0.05, 0.1) is 5.92 Å². The lowest BCUT2D eigenvalue weighted by molar-refractivity contribution is -0.145. The fourth-order valence-electron chi connectivity index (χ4n) is 4.92. The molecule has 1 unspecified atom stereocenters. The first-order valence-corrected chi connectivity index (χ1v) is 10.1. The number of carbonyl (C=O) groups is 1. The molecule has 2 fully saturated rings. The Morgan fingerprint density at radius 1 is 1.19 bits per heavy atom. The summed E-state index contributed by atoms with van der Waals surface area (Å²) in [5.41, 5.74) is 11.0. The zero-order valence-electron chi connectivity index (χ0n) is 15.6. The van der Waals surface area contributed by atoms with E-state index >= 15 is 0 Å². The maximum Gasteiger partial charge on any atom is 0.307 e. The number of hydrazone groups is 1. The molecule has 0 aromatic heterocycles. The van der Waals surface area contributed by atoms with Gasteiger partial charge in [-0.1, -0.05) is 37.1 Å². The maximum absolute atomic E-state index is 12.2. The average molecular weight is 371 g/mol. The Morgan fingerprint density at radius 2 is 1.96 bits per heavy atom. The minimum absolute atomic E-state index is 0.174. The highest BCUT2D eigenvalue weighted by Crippen LogP contribution is 2.37. The van der Waals surface area contributed by atoms with E-state index < -0.39 is 11.9 Å². The van der Waals surface area contributed by atoms with Gasteiger partial charge in [-0.25, -0.2) is 5.53 Å². The lowest BCUT2D eigenvalue weighted by atomic mass is 9.76. The third kappa shape index (κ3) is 4.09. The van der Waals surface area contributed by atoms with Gasteiger partial charge in [0.15, 0.2) is 0 Å². The second kappa shape index (κ2) is 8.27. The normalized spacial score (nSPS) is 24.9. The van der Waals surface area contributed by atoms with Crippen molar-refractivity contribution in [3.63, 3.8) is 0 Å². The van der Waals surface area contributed by atoms with Crippen LogP contribution in [0.2, 0.25) is 0 Å². The van der Waals surface area contributed by atoms with E-state index in [9.17, 15) is 9.90 Å². The van der Waals surface area contributed by atoms with E-state index in [4.69, 9.17) is 0 Å². The van der Waals surface area contributed by atoms with Gasteiger partial charge in [0, 0.05) is 12.5 Å². The first-order valence-electron chi connectivity index (χ1n) is 10.1. The molecule has 7 nitrogen and oxygen atoms in total. The predicted molar refractivity (Wildman–Crippen MR) is 104 cm³/mol. The van der Waals surface area contributed by atoms with Crippen molar-refractivity contribution in [1.82, 2.24) is 21.8 Å². The number of aliphatic carboxylic acids is 1. The number of carboxylic acids is 1. The highest BCUT2D eigenvalue weighted by atomic mass is 16.4. The number of rotatable bonds is 7. The largest absolute Gasteiger partial charge is 0.481 e. The second-order valence-electron chi connectivity index (χ2n) is 8.01. The van der Waals surface area contributed by atoms with Crippen LogP contribution in [0.4, 0.5) is 0 Å². The molecule has 1 aliphatic carbocycles. The Balaban J connectivity index is 1.54. The quantitative estimate of drug-likeness (QED) is 0.501. The third-order valence-corrected chi connectivity index (χ3v) is 6.37. The summed E-state index contributed by atoms with van der Waals surface area (Å²) in [5.74, 6) is 0.206. The number of carboxylic acid groups (broad SMARTS) is 1. The molecule has 7 heteroatoms. The van der Waals surface area contributed by atoms with Crippen molar-refractivity contribution >= 4 is 11.8 Å². The predicted octanol–water partition coefficient (Wildman–Crippen LogP) is 1.74. The van der Waals surface area contributed by atoms with E-state index in [0.717, 1.165) is 44.3 Å². The minimum Gasteiger partial charge on any atom is -0.481 e. The Morgan fingerprint density at radius 3 is 2.56 bits per heavy atom. The van der Waals surface area contributed by atoms with E-state index in [1.807, 2.05) is 0 Å². The average Bonchev–Trinajstić information content (AvgIpc) is 3.43. The minimum atomic E-state index is -0.711. The van der Waals surface area contributed by atoms with E-state index in [2.05, 4.69) is 51.2 Å². The van der Waals surface area contributed by atoms with Gasteiger partial charge in [0.2, 0.25) is 0 Å². The van der Waals surface area contributed by atoms with E-state index in [1.165, 1.54) is 12.0 Å². The Bertz CT molecular complexity index is 678. The van der Waals surface area contributed by atoms with Gasteiger partial charge in [-0.2, -0.15) is 0 Å². The van der Waals surface area contributed by atoms with Crippen molar-refractivity contribution in [3.05, 3.63) is 35.4 Å². The molecule has 2 aliphatic heterocycles. The van der Waals surface area contributed by atoms with Crippen molar-refractivity contribution in [2.75, 3.05) is 13.1 Å². The smallest absolute Gasteiger partial charge is 0.307 e. The summed E-state index contributed by atoms with van der Waals surface area (Å²) in [6.07, 6.45) is 6.10. The molecule has 0 radical (unpaired) electrons. The topological polar surface area (TPSA) is 97.8 Å². The highest BCUT2D eigenvalue weighted by molar-refractivity contribution is 5.89. The van der Waals surface area contributed by atoms with Gasteiger partial charge in [-0.15, -0.1) is 10.6 Å². The van der Waals surface area contributed by atoms with Crippen LogP contribution < -0.4 is 21.8 Å². The Hall–Kier alpha value is -2.12. The molecule has 0 spiro atoms. The van der Waals surface area contributed by atoms with Gasteiger partial charge in [0.1, 0.15) is 5.84 Å². The fourth-order valence-corrected chi connectivity index (χ4v) is 4.92. The summed E-state index contributed by atoms with van der Waals surface area (Å²) in [6.45, 7) is 2.13. The first kappa shape index (κ1) is 18.3. The van der Waals surface area contributed by atoms with Crippen LogP contribution in [0.3, 0.4) is 0 Å². The summed E-state index contributed by atoms with van der Waals surface area (Å²) < 4.78 is 0. The molecule has 146 valence electrons. The van der Waals surface area contributed by atoms with Crippen LogP contribution in [0.1, 0.15) is 49.1 Å². The van der Waals surface area contributed by atoms with Crippen LogP contribution in [-0.2, 0) is 11.2 Å². The Labute approximate surface area is 159 Å². The lowest BCUT2D eigenvalue weighted by Gasteiger charge is -2.28. The van der Waals surface area contributed by atoms with Gasteiger partial charge in [-0.05, 0) is 55.2 Å². The summed E-state index contributed by atoms with van der Waals surface area (Å²) in [4.78, 5) is 12.2. The van der Waals surface area contributed by atoms with E-state index in [0.29, 0.717) is 18.2 Å². The van der Waals surface area contributed by atoms with Crippen molar-refractivity contribution in [2.45, 2.75) is 44.4 Å². The van der Waals surface area contributed by atoms with E-state index in [1.54, 1.807) is 0 Å². The number of hydrogen-bond donors (Lipinski definition) is 5. The van der Waals surface area contributed by atoms with Crippen LogP contribution in [0.25, 0.3) is 0 Å². The van der Waals surface area contributed by atoms with Crippen molar-refractivity contribution in [1.29, 1.82) is 0 Å². The SMILES string of the molecule is O=C(O)[C@@H](C1CCCC1)[C@H](Cc1ccc(C2CCNC2)cc1)C1=NNNN1. The third-order valence-electron chi connectivity index (χ3n) is 6.37. The Kier molecular flexibility index (Phi) is 5.59. The zero-order chi connectivity index (χ0) is 18.6. The molecule has 1 aromatic carbocycles. The van der Waals surface area contributed by atoms with Crippen molar-refractivity contribution in [3.8, 4) is 0 Å². The number of amidine groups is 1. The van der Waals surface area contributed by atoms with Gasteiger partial charge in [0.25, 0.3) is 0 Å². The van der Waals surface area contributed by atoms with Crippen LogP contribution in [-0.4, -0.2) is 30.0 Å². The van der Waals surface area contributed by atoms with Crippen LogP contribution >= 0.6 is 0 Å². The van der Waals surface area contributed by atoms with E-state index in [-0.39, 0.29) is 11.8 Å². The summed E-state index contributed by atoms with van der Waals surface area (Å²) in [7, 11) is 0. The molecular weight excluding hydrogens is 342 g/mol. The standard InChI is InChI=1S/C20H29N5O2/c26-20(27)18(15-3-1-2-4-15)17(19-22-24-25-23-19)11-13-5-7-14(8-6-13)16-9-10-21-12-16/h5-8,15-18,21,24-25H,1-4,9-12H2,(H,22,23)(H,26,27)/t16?,17-,18-/m0/s1. The van der Waals surface area contributed by atoms with Crippen LogP contribution in [0.5, 0.6) is 0 Å². The van der Waals surface area contributed by atoms with Gasteiger partial charge >= 0.3 is 5.97 Å². The molecule has 0 bridgehead atoms. The molecule has 1 saturated carbocycles. The molecule has 5 N–H and O–H groups in total. The van der Waals surface area contributed by atoms with Gasteiger partial charge in [-0.3, -0.25) is 10.2 Å². The first-order chi connectivity index (χ1) is 13.2. The summed E-state index contributed by atoms with van der Waals surface area (Å²) in [6, 6.07) is 8.72. The molecule has 3 atom stereocenters. The molecule has 0 amide bonds. The summed E-state index contributed by atoms with van der Waals surface area (Å²) in [5, 5.41) is 17.7. The summed E-state index contributed by atoms with van der Waals surface area (Å²) >= 11 is 0. The molecule has 27 heavy (non-hydrogen) atoms. The molecule has 1 aromatic rings. The van der Waals surface area contributed by atoms with Gasteiger partial charge < -0.3 is 10.4 Å². The molecule has 1 saturated heterocycles. The van der Waals surface area contributed by atoms with Crippen molar-refractivity contribution < 1.29 is 9.90 Å².